The van der Waals surface area contributed by atoms with E-state index in [2.05, 4.69) is 0 Å². The second-order valence-electron chi connectivity index (χ2n) is 5.35. The van der Waals surface area contributed by atoms with Gasteiger partial charge in [-0.3, -0.25) is 9.59 Å². The third-order valence-corrected chi connectivity index (χ3v) is 3.95. The monoisotopic (exact) mass is 342 g/mol. The van der Waals surface area contributed by atoms with Gasteiger partial charge in [-0.05, 0) is 36.8 Å². The summed E-state index contributed by atoms with van der Waals surface area (Å²) >= 11 is 5.90. The Morgan fingerprint density at radius 2 is 1.88 bits per heavy atom. The van der Waals surface area contributed by atoms with E-state index in [4.69, 9.17) is 20.8 Å². The first-order valence-electron chi connectivity index (χ1n) is 7.53. The topological polar surface area (TPSA) is 56.5 Å². The van der Waals surface area contributed by atoms with Crippen LogP contribution in [-0.2, 0) is 4.79 Å². The number of rotatable bonds is 3. The van der Waals surface area contributed by atoms with Crippen molar-refractivity contribution in [1.82, 2.24) is 0 Å². The minimum atomic E-state index is -0.341. The molecular weight excluding hydrogens is 328 g/mol. The number of fused-ring (bicyclic) bond motifs is 1. The number of carbonyl (C=O) groups excluding carboxylic acids is 1. The molecule has 0 aliphatic heterocycles. The largest absolute Gasteiger partial charge is 0.460 e. The molecule has 0 aliphatic carbocycles. The van der Waals surface area contributed by atoms with Crippen LogP contribution in [0.1, 0.15) is 19.1 Å². The molecule has 0 aliphatic rings. The van der Waals surface area contributed by atoms with Crippen LogP contribution < -0.4 is 10.2 Å². The normalized spacial score (nSPS) is 10.8. The van der Waals surface area contributed by atoms with Crippen LogP contribution in [-0.4, -0.2) is 5.97 Å². The third kappa shape index (κ3) is 3.05. The number of ether oxygens (including phenoxy) is 1. The lowest BCUT2D eigenvalue weighted by molar-refractivity contribution is -0.134. The standard InChI is InChI=1S/C19H15ClO4/c1-3-17(21)24-14-8-9-15-16(10-14)23-11(2)18(19(15)22)12-4-6-13(20)7-5-12/h4-10H,3H2,1-2H3. The Labute approximate surface area is 143 Å². The Morgan fingerprint density at radius 1 is 1.17 bits per heavy atom. The molecule has 0 fully saturated rings. The van der Waals surface area contributed by atoms with Gasteiger partial charge in [-0.2, -0.15) is 0 Å². The van der Waals surface area contributed by atoms with Crippen molar-refractivity contribution in [2.45, 2.75) is 20.3 Å². The molecule has 122 valence electrons. The lowest BCUT2D eigenvalue weighted by Gasteiger charge is -2.08. The van der Waals surface area contributed by atoms with Gasteiger partial charge in [0.1, 0.15) is 17.1 Å². The SMILES string of the molecule is CCC(=O)Oc1ccc2c(=O)c(-c3ccc(Cl)cc3)c(C)oc2c1. The van der Waals surface area contributed by atoms with Crippen LogP contribution in [0, 0.1) is 6.92 Å². The van der Waals surface area contributed by atoms with Gasteiger partial charge in [0.05, 0.1) is 10.9 Å². The Morgan fingerprint density at radius 3 is 2.54 bits per heavy atom. The molecule has 1 aromatic heterocycles. The van der Waals surface area contributed by atoms with E-state index in [1.807, 2.05) is 0 Å². The van der Waals surface area contributed by atoms with Gasteiger partial charge in [-0.1, -0.05) is 30.7 Å². The van der Waals surface area contributed by atoms with E-state index in [1.54, 1.807) is 56.3 Å². The number of benzene rings is 2. The first-order valence-corrected chi connectivity index (χ1v) is 7.91. The van der Waals surface area contributed by atoms with Crippen molar-refractivity contribution >= 4 is 28.5 Å². The maximum absolute atomic E-state index is 12.8. The van der Waals surface area contributed by atoms with Crippen LogP contribution >= 0.6 is 11.6 Å². The zero-order valence-corrected chi connectivity index (χ0v) is 14.0. The first kappa shape index (κ1) is 16.3. The molecule has 1 heterocycles. The Kier molecular flexibility index (Phi) is 4.40. The number of esters is 1. The highest BCUT2D eigenvalue weighted by atomic mass is 35.5. The second kappa shape index (κ2) is 6.49. The zero-order valence-electron chi connectivity index (χ0n) is 13.3. The fourth-order valence-electron chi connectivity index (χ4n) is 2.50. The lowest BCUT2D eigenvalue weighted by Crippen LogP contribution is -2.09. The maximum Gasteiger partial charge on any atom is 0.310 e. The summed E-state index contributed by atoms with van der Waals surface area (Å²) in [5.41, 5.74) is 1.49. The van der Waals surface area contributed by atoms with Gasteiger partial charge in [-0.25, -0.2) is 0 Å². The summed E-state index contributed by atoms with van der Waals surface area (Å²) in [6.07, 6.45) is 0.274. The highest BCUT2D eigenvalue weighted by Gasteiger charge is 2.14. The fourth-order valence-corrected chi connectivity index (χ4v) is 2.63. The molecule has 3 rings (SSSR count). The van der Waals surface area contributed by atoms with E-state index in [1.165, 1.54) is 0 Å². The van der Waals surface area contributed by atoms with Crippen LogP contribution in [0.3, 0.4) is 0 Å². The maximum atomic E-state index is 12.8. The van der Waals surface area contributed by atoms with Gasteiger partial charge in [0.15, 0.2) is 0 Å². The van der Waals surface area contributed by atoms with Crippen molar-refractivity contribution in [1.29, 1.82) is 0 Å². The van der Waals surface area contributed by atoms with Crippen molar-refractivity contribution in [3.8, 4) is 16.9 Å². The molecule has 24 heavy (non-hydrogen) atoms. The number of hydrogen-bond donors (Lipinski definition) is 0. The zero-order chi connectivity index (χ0) is 17.3. The van der Waals surface area contributed by atoms with Crippen molar-refractivity contribution < 1.29 is 13.9 Å². The summed E-state index contributed by atoms with van der Waals surface area (Å²) in [6, 6.07) is 11.8. The first-order chi connectivity index (χ1) is 11.5. The smallest absolute Gasteiger partial charge is 0.310 e. The van der Waals surface area contributed by atoms with E-state index in [0.717, 1.165) is 5.56 Å². The number of aryl methyl sites for hydroxylation is 1. The summed E-state index contributed by atoms with van der Waals surface area (Å²) in [7, 11) is 0. The molecule has 2 aromatic carbocycles. The number of carbonyl (C=O) groups is 1. The molecule has 0 spiro atoms. The summed E-state index contributed by atoms with van der Waals surface area (Å²) in [4.78, 5) is 24.2. The second-order valence-corrected chi connectivity index (χ2v) is 5.79. The quantitative estimate of drug-likeness (QED) is 0.509. The van der Waals surface area contributed by atoms with Gasteiger partial charge in [0.25, 0.3) is 0 Å². The number of halogens is 1. The summed E-state index contributed by atoms with van der Waals surface area (Å²) in [5, 5.41) is 1.03. The van der Waals surface area contributed by atoms with E-state index < -0.39 is 0 Å². The van der Waals surface area contributed by atoms with Crippen LogP contribution in [0.4, 0.5) is 0 Å². The molecule has 0 atom stereocenters. The van der Waals surface area contributed by atoms with Crippen LogP contribution in [0.25, 0.3) is 22.1 Å². The average molecular weight is 343 g/mol. The highest BCUT2D eigenvalue weighted by molar-refractivity contribution is 6.30. The molecule has 0 amide bonds. The predicted molar refractivity (Wildman–Crippen MR) is 93.6 cm³/mol. The van der Waals surface area contributed by atoms with E-state index >= 15 is 0 Å². The van der Waals surface area contributed by atoms with Gasteiger partial charge in [0.2, 0.25) is 5.43 Å². The molecule has 0 saturated heterocycles. The van der Waals surface area contributed by atoms with Gasteiger partial charge < -0.3 is 9.15 Å². The summed E-state index contributed by atoms with van der Waals surface area (Å²) in [5.74, 6) is 0.510. The van der Waals surface area contributed by atoms with E-state index in [-0.39, 0.29) is 17.8 Å². The molecule has 3 aromatic rings. The summed E-state index contributed by atoms with van der Waals surface area (Å²) < 4.78 is 11.0. The minimum absolute atomic E-state index is 0.135. The van der Waals surface area contributed by atoms with E-state index in [0.29, 0.717) is 33.1 Å². The van der Waals surface area contributed by atoms with Crippen LogP contribution in [0.5, 0.6) is 5.75 Å². The van der Waals surface area contributed by atoms with Gasteiger partial charge >= 0.3 is 5.97 Å². The van der Waals surface area contributed by atoms with Gasteiger partial charge in [0, 0.05) is 17.5 Å². The fraction of sp³-hybridized carbons (Fsp3) is 0.158. The molecular formula is C19H15ClO4. The Hall–Kier alpha value is -2.59. The minimum Gasteiger partial charge on any atom is -0.460 e. The molecule has 0 saturated carbocycles. The third-order valence-electron chi connectivity index (χ3n) is 3.69. The molecule has 0 radical (unpaired) electrons. The molecule has 4 nitrogen and oxygen atoms in total. The predicted octanol–water partition coefficient (Wildman–Crippen LogP) is 4.74. The average Bonchev–Trinajstić information content (AvgIpc) is 2.56. The van der Waals surface area contributed by atoms with Crippen molar-refractivity contribution in [3.05, 3.63) is 63.5 Å². The Balaban J connectivity index is 2.14. The molecule has 0 unspecified atom stereocenters. The van der Waals surface area contributed by atoms with Crippen LogP contribution in [0.15, 0.2) is 51.7 Å². The van der Waals surface area contributed by atoms with Gasteiger partial charge in [-0.15, -0.1) is 0 Å². The van der Waals surface area contributed by atoms with Crippen molar-refractivity contribution in [2.24, 2.45) is 0 Å². The molecule has 5 heteroatoms. The van der Waals surface area contributed by atoms with Crippen molar-refractivity contribution in [2.75, 3.05) is 0 Å². The number of hydrogen-bond acceptors (Lipinski definition) is 4. The molecule has 0 N–H and O–H groups in total. The summed E-state index contributed by atoms with van der Waals surface area (Å²) in [6.45, 7) is 3.45. The molecule has 0 bridgehead atoms. The highest BCUT2D eigenvalue weighted by Crippen LogP contribution is 2.27. The van der Waals surface area contributed by atoms with Crippen molar-refractivity contribution in [3.63, 3.8) is 0 Å². The lowest BCUT2D eigenvalue weighted by atomic mass is 10.0. The Bertz CT molecular complexity index is 971. The van der Waals surface area contributed by atoms with E-state index in [9.17, 15) is 9.59 Å². The van der Waals surface area contributed by atoms with Crippen LogP contribution in [0.2, 0.25) is 5.02 Å².